The second-order valence-electron chi connectivity index (χ2n) is 7.26. The highest BCUT2D eigenvalue weighted by Gasteiger charge is 2.34. The molecule has 0 aliphatic carbocycles. The van der Waals surface area contributed by atoms with E-state index in [1.54, 1.807) is 13.8 Å². The topological polar surface area (TPSA) is 136 Å². The number of aliphatic carboxylic acids is 1. The van der Waals surface area contributed by atoms with Crippen LogP contribution in [0.2, 0.25) is 0 Å². The standard InChI is InChI=1S/C21H26N2O6/c1-11(2)16(23-20(27)17(24)18(25)21(28)29)19(26)22-12(3)14-10-6-8-13-7-4-5-9-15(13)14/h4-12,16-18,24-25H,1-3H3,(H,22,26)(H,23,27)(H,28,29)/t12-,16-,17+,18+/m0/s1. The summed E-state index contributed by atoms with van der Waals surface area (Å²) >= 11 is 0. The molecule has 8 nitrogen and oxygen atoms in total. The van der Waals surface area contributed by atoms with Crippen molar-refractivity contribution < 1.29 is 29.7 Å². The zero-order valence-corrected chi connectivity index (χ0v) is 16.5. The third kappa shape index (κ3) is 5.30. The number of hydrogen-bond acceptors (Lipinski definition) is 5. The van der Waals surface area contributed by atoms with Crippen molar-refractivity contribution in [1.29, 1.82) is 0 Å². The number of benzene rings is 2. The summed E-state index contributed by atoms with van der Waals surface area (Å²) in [4.78, 5) is 35.6. The lowest BCUT2D eigenvalue weighted by molar-refractivity contribution is -0.158. The molecule has 0 saturated heterocycles. The molecule has 0 saturated carbocycles. The molecule has 0 fully saturated rings. The molecule has 2 aromatic rings. The number of carboxylic acid groups (broad SMARTS) is 1. The van der Waals surface area contributed by atoms with Crippen molar-refractivity contribution in [2.24, 2.45) is 5.92 Å². The molecule has 2 rings (SSSR count). The van der Waals surface area contributed by atoms with Crippen molar-refractivity contribution in [2.45, 2.75) is 45.1 Å². The second-order valence-corrected chi connectivity index (χ2v) is 7.26. The van der Waals surface area contributed by atoms with Crippen LogP contribution in [0.5, 0.6) is 0 Å². The molecule has 0 radical (unpaired) electrons. The van der Waals surface area contributed by atoms with Gasteiger partial charge in [0.2, 0.25) is 5.91 Å². The summed E-state index contributed by atoms with van der Waals surface area (Å²) in [5.41, 5.74) is 0.909. The van der Waals surface area contributed by atoms with Crippen LogP contribution in [-0.2, 0) is 14.4 Å². The van der Waals surface area contributed by atoms with Crippen LogP contribution in [0.1, 0.15) is 32.4 Å². The Labute approximate surface area is 168 Å². The zero-order valence-electron chi connectivity index (χ0n) is 16.5. The largest absolute Gasteiger partial charge is 0.479 e. The SMILES string of the molecule is CC(C)[C@H](NC(=O)[C@H](O)[C@@H](O)C(=O)O)C(=O)N[C@@H](C)c1cccc2ccccc12. The van der Waals surface area contributed by atoms with E-state index in [0.717, 1.165) is 16.3 Å². The minimum absolute atomic E-state index is 0.340. The van der Waals surface area contributed by atoms with Crippen molar-refractivity contribution in [1.82, 2.24) is 10.6 Å². The summed E-state index contributed by atoms with van der Waals surface area (Å²) in [7, 11) is 0. The Morgan fingerprint density at radius 3 is 2.07 bits per heavy atom. The summed E-state index contributed by atoms with van der Waals surface area (Å²) in [6.45, 7) is 5.22. The summed E-state index contributed by atoms with van der Waals surface area (Å²) in [5, 5.41) is 34.9. The molecule has 29 heavy (non-hydrogen) atoms. The van der Waals surface area contributed by atoms with Gasteiger partial charge in [-0.25, -0.2) is 4.79 Å². The summed E-state index contributed by atoms with van der Waals surface area (Å²) < 4.78 is 0. The van der Waals surface area contributed by atoms with Crippen LogP contribution in [0.3, 0.4) is 0 Å². The maximum Gasteiger partial charge on any atom is 0.335 e. The molecule has 0 spiro atoms. The number of hydrogen-bond donors (Lipinski definition) is 5. The van der Waals surface area contributed by atoms with E-state index in [9.17, 15) is 24.6 Å². The molecule has 0 unspecified atom stereocenters. The first-order valence-electron chi connectivity index (χ1n) is 9.30. The van der Waals surface area contributed by atoms with E-state index in [1.165, 1.54) is 0 Å². The van der Waals surface area contributed by atoms with Gasteiger partial charge in [-0.3, -0.25) is 9.59 Å². The number of carboxylic acids is 1. The Morgan fingerprint density at radius 2 is 1.45 bits per heavy atom. The minimum Gasteiger partial charge on any atom is -0.479 e. The number of nitrogens with one attached hydrogen (secondary N) is 2. The molecule has 0 aliphatic rings. The summed E-state index contributed by atoms with van der Waals surface area (Å²) in [5.74, 6) is -3.69. The van der Waals surface area contributed by atoms with Crippen molar-refractivity contribution in [3.63, 3.8) is 0 Å². The first-order valence-corrected chi connectivity index (χ1v) is 9.30. The van der Waals surface area contributed by atoms with E-state index in [1.807, 2.05) is 49.4 Å². The van der Waals surface area contributed by atoms with Crippen molar-refractivity contribution in [2.75, 3.05) is 0 Å². The number of amides is 2. The highest BCUT2D eigenvalue weighted by molar-refractivity contribution is 5.93. The number of rotatable bonds is 8. The van der Waals surface area contributed by atoms with Gasteiger partial charge >= 0.3 is 5.97 Å². The van der Waals surface area contributed by atoms with Crippen LogP contribution in [0.15, 0.2) is 42.5 Å². The Kier molecular flexibility index (Phi) is 7.30. The fourth-order valence-electron chi connectivity index (χ4n) is 3.06. The predicted octanol–water partition coefficient (Wildman–Crippen LogP) is 0.964. The lowest BCUT2D eigenvalue weighted by Crippen LogP contribution is -2.55. The molecular weight excluding hydrogens is 376 g/mol. The first kappa shape index (κ1) is 22.3. The Hall–Kier alpha value is -2.97. The van der Waals surface area contributed by atoms with Gasteiger partial charge in [0.1, 0.15) is 6.04 Å². The van der Waals surface area contributed by atoms with Crippen LogP contribution < -0.4 is 10.6 Å². The van der Waals surface area contributed by atoms with Crippen molar-refractivity contribution in [3.8, 4) is 0 Å². The maximum atomic E-state index is 12.8. The Balaban J connectivity index is 2.14. The zero-order chi connectivity index (χ0) is 21.7. The van der Waals surface area contributed by atoms with Crippen LogP contribution in [0.4, 0.5) is 0 Å². The van der Waals surface area contributed by atoms with Gasteiger partial charge in [-0.15, -0.1) is 0 Å². The molecule has 5 N–H and O–H groups in total. The van der Waals surface area contributed by atoms with Gasteiger partial charge in [0.15, 0.2) is 12.2 Å². The van der Waals surface area contributed by atoms with E-state index in [2.05, 4.69) is 10.6 Å². The van der Waals surface area contributed by atoms with E-state index >= 15 is 0 Å². The number of fused-ring (bicyclic) bond motifs is 1. The Morgan fingerprint density at radius 1 is 0.828 bits per heavy atom. The van der Waals surface area contributed by atoms with E-state index in [0.29, 0.717) is 0 Å². The molecule has 0 heterocycles. The van der Waals surface area contributed by atoms with Crippen molar-refractivity contribution in [3.05, 3.63) is 48.0 Å². The molecule has 2 aromatic carbocycles. The fourth-order valence-corrected chi connectivity index (χ4v) is 3.06. The molecule has 156 valence electrons. The third-order valence-electron chi connectivity index (χ3n) is 4.72. The first-order chi connectivity index (χ1) is 13.6. The van der Waals surface area contributed by atoms with Gasteiger partial charge in [-0.2, -0.15) is 0 Å². The van der Waals surface area contributed by atoms with Gasteiger partial charge < -0.3 is 26.0 Å². The Bertz CT molecular complexity index is 892. The van der Waals surface area contributed by atoms with Gasteiger partial charge in [-0.05, 0) is 29.2 Å². The minimum atomic E-state index is -2.28. The normalized spacial score (nSPS) is 15.4. The molecule has 0 aromatic heterocycles. The monoisotopic (exact) mass is 402 g/mol. The molecule has 0 bridgehead atoms. The van der Waals surface area contributed by atoms with E-state index in [4.69, 9.17) is 5.11 Å². The molecule has 0 aliphatic heterocycles. The molecule has 4 atom stereocenters. The number of carbonyl (C=O) groups excluding carboxylic acids is 2. The van der Waals surface area contributed by atoms with E-state index in [-0.39, 0.29) is 12.0 Å². The third-order valence-corrected chi connectivity index (χ3v) is 4.72. The number of aliphatic hydroxyl groups is 2. The van der Waals surface area contributed by atoms with Gasteiger partial charge in [0.05, 0.1) is 6.04 Å². The predicted molar refractivity (Wildman–Crippen MR) is 107 cm³/mol. The van der Waals surface area contributed by atoms with Crippen LogP contribution in [-0.4, -0.2) is 51.4 Å². The van der Waals surface area contributed by atoms with Crippen molar-refractivity contribution >= 4 is 28.6 Å². The fraction of sp³-hybridized carbons (Fsp3) is 0.381. The molecule has 8 heteroatoms. The molecular formula is C21H26N2O6. The van der Waals surface area contributed by atoms with Crippen LogP contribution >= 0.6 is 0 Å². The molecule has 2 amide bonds. The lowest BCUT2D eigenvalue weighted by atomic mass is 9.98. The average Bonchev–Trinajstić information content (AvgIpc) is 2.69. The summed E-state index contributed by atoms with van der Waals surface area (Å²) in [6, 6.07) is 12.2. The van der Waals surface area contributed by atoms with Crippen LogP contribution in [0.25, 0.3) is 10.8 Å². The highest BCUT2D eigenvalue weighted by Crippen LogP contribution is 2.24. The quantitative estimate of drug-likeness (QED) is 0.446. The lowest BCUT2D eigenvalue weighted by Gasteiger charge is -2.26. The van der Waals surface area contributed by atoms with E-state index < -0.39 is 36.0 Å². The number of carbonyl (C=O) groups is 3. The van der Waals surface area contributed by atoms with Crippen LogP contribution in [0, 0.1) is 5.92 Å². The van der Waals surface area contributed by atoms with Gasteiger partial charge in [0.25, 0.3) is 5.91 Å². The van der Waals surface area contributed by atoms with Gasteiger partial charge in [-0.1, -0.05) is 56.3 Å². The maximum absolute atomic E-state index is 12.8. The average molecular weight is 402 g/mol. The highest BCUT2D eigenvalue weighted by atomic mass is 16.4. The number of aliphatic hydroxyl groups excluding tert-OH is 2. The van der Waals surface area contributed by atoms with Gasteiger partial charge in [0, 0.05) is 0 Å². The summed E-state index contributed by atoms with van der Waals surface area (Å²) in [6.07, 6.45) is -4.46. The smallest absolute Gasteiger partial charge is 0.335 e. The second kappa shape index (κ2) is 9.49.